The number of amides is 1. The van der Waals surface area contributed by atoms with E-state index in [-0.39, 0.29) is 5.91 Å². The maximum Gasteiger partial charge on any atom is 0.253 e. The van der Waals surface area contributed by atoms with Gasteiger partial charge in [0.25, 0.3) is 5.91 Å². The van der Waals surface area contributed by atoms with Crippen molar-refractivity contribution < 1.29 is 9.53 Å². The predicted molar refractivity (Wildman–Crippen MR) is 109 cm³/mol. The summed E-state index contributed by atoms with van der Waals surface area (Å²) in [5, 5.41) is 4.20. The Balaban J connectivity index is 1.29. The molecule has 2 aromatic carbocycles. The molecule has 0 bridgehead atoms. The van der Waals surface area contributed by atoms with Crippen molar-refractivity contribution in [2.45, 2.75) is 18.8 Å². The van der Waals surface area contributed by atoms with Crippen LogP contribution in [0.1, 0.15) is 33.8 Å². The number of nitrogens with zero attached hydrogens (tertiary/aromatic N) is 1. The quantitative estimate of drug-likeness (QED) is 0.646. The van der Waals surface area contributed by atoms with Crippen molar-refractivity contribution in [1.29, 1.82) is 0 Å². The van der Waals surface area contributed by atoms with Crippen LogP contribution in [-0.4, -0.2) is 30.5 Å². The van der Waals surface area contributed by atoms with Gasteiger partial charge in [-0.2, -0.15) is 11.3 Å². The fraction of sp³-hybridized carbons (Fsp3) is 0.261. The summed E-state index contributed by atoms with van der Waals surface area (Å²) in [6.45, 7) is 2.41. The predicted octanol–water partition coefficient (Wildman–Crippen LogP) is 4.98. The summed E-state index contributed by atoms with van der Waals surface area (Å²) < 4.78 is 5.61. The van der Waals surface area contributed by atoms with Gasteiger partial charge in [0.1, 0.15) is 5.75 Å². The summed E-state index contributed by atoms with van der Waals surface area (Å²) in [6, 6.07) is 16.6. The Kier molecular flexibility index (Phi) is 4.21. The Hall–Kier alpha value is -2.59. The summed E-state index contributed by atoms with van der Waals surface area (Å²) in [4.78, 5) is 14.9. The van der Waals surface area contributed by atoms with Crippen LogP contribution in [0, 0.1) is 0 Å². The molecule has 5 rings (SSSR count). The number of hydrogen-bond acceptors (Lipinski definition) is 3. The lowest BCUT2D eigenvalue weighted by Gasteiger charge is -2.17. The Morgan fingerprint density at radius 2 is 1.96 bits per heavy atom. The highest BCUT2D eigenvalue weighted by Crippen LogP contribution is 2.33. The van der Waals surface area contributed by atoms with E-state index in [0.717, 1.165) is 49.4 Å². The maximum atomic E-state index is 12.9. The molecule has 0 spiro atoms. The van der Waals surface area contributed by atoms with Crippen molar-refractivity contribution in [3.8, 4) is 16.9 Å². The number of rotatable bonds is 3. The van der Waals surface area contributed by atoms with E-state index in [4.69, 9.17) is 4.74 Å². The summed E-state index contributed by atoms with van der Waals surface area (Å²) in [7, 11) is 0. The van der Waals surface area contributed by atoms with Gasteiger partial charge in [0, 0.05) is 31.0 Å². The fourth-order valence-electron chi connectivity index (χ4n) is 4.09. The van der Waals surface area contributed by atoms with Crippen molar-refractivity contribution in [3.05, 3.63) is 76.0 Å². The molecule has 3 nitrogen and oxygen atoms in total. The molecule has 0 N–H and O–H groups in total. The van der Waals surface area contributed by atoms with E-state index in [1.165, 1.54) is 16.7 Å². The SMILES string of the molecule is O=C(c1ccc(-c2ccsc2)cc1)N1CC[C@H](c2ccc3c(c2)CCO3)C1. The first-order valence-electron chi connectivity index (χ1n) is 9.45. The van der Waals surface area contributed by atoms with Crippen molar-refractivity contribution in [2.24, 2.45) is 0 Å². The highest BCUT2D eigenvalue weighted by Gasteiger charge is 2.28. The summed E-state index contributed by atoms with van der Waals surface area (Å²) in [6.07, 6.45) is 2.02. The zero-order valence-electron chi connectivity index (χ0n) is 15.1. The number of benzene rings is 2. The minimum atomic E-state index is 0.138. The van der Waals surface area contributed by atoms with Crippen molar-refractivity contribution in [1.82, 2.24) is 4.90 Å². The molecular weight excluding hydrogens is 354 g/mol. The molecule has 3 heterocycles. The second-order valence-electron chi connectivity index (χ2n) is 7.29. The molecule has 1 amide bonds. The lowest BCUT2D eigenvalue weighted by molar-refractivity contribution is 0.0791. The molecule has 136 valence electrons. The van der Waals surface area contributed by atoms with Crippen LogP contribution in [0.2, 0.25) is 0 Å². The largest absolute Gasteiger partial charge is 0.493 e. The lowest BCUT2D eigenvalue weighted by Crippen LogP contribution is -2.28. The number of carbonyl (C=O) groups excluding carboxylic acids is 1. The van der Waals surface area contributed by atoms with Crippen LogP contribution < -0.4 is 4.74 Å². The lowest BCUT2D eigenvalue weighted by atomic mass is 9.96. The van der Waals surface area contributed by atoms with Gasteiger partial charge in [-0.25, -0.2) is 0 Å². The van der Waals surface area contributed by atoms with E-state index in [9.17, 15) is 4.79 Å². The normalized spacial score (nSPS) is 18.4. The highest BCUT2D eigenvalue weighted by molar-refractivity contribution is 7.08. The number of thiophene rings is 1. The van der Waals surface area contributed by atoms with Gasteiger partial charge in [0.05, 0.1) is 6.61 Å². The molecule has 0 saturated carbocycles. The van der Waals surface area contributed by atoms with E-state index in [1.807, 2.05) is 29.2 Å². The minimum Gasteiger partial charge on any atom is -0.493 e. The second kappa shape index (κ2) is 6.86. The Bertz CT molecular complexity index is 963. The molecule has 0 aliphatic carbocycles. The van der Waals surface area contributed by atoms with Gasteiger partial charge in [-0.05, 0) is 63.7 Å². The minimum absolute atomic E-state index is 0.138. The molecule has 1 atom stereocenters. The van der Waals surface area contributed by atoms with E-state index in [1.54, 1.807) is 11.3 Å². The number of fused-ring (bicyclic) bond motifs is 1. The molecule has 1 aromatic heterocycles. The second-order valence-corrected chi connectivity index (χ2v) is 8.07. The number of likely N-dealkylation sites (tertiary alicyclic amines) is 1. The summed E-state index contributed by atoms with van der Waals surface area (Å²) >= 11 is 1.69. The number of ether oxygens (including phenoxy) is 1. The highest BCUT2D eigenvalue weighted by atomic mass is 32.1. The average Bonchev–Trinajstić information content (AvgIpc) is 3.48. The van der Waals surface area contributed by atoms with Crippen molar-refractivity contribution >= 4 is 17.2 Å². The van der Waals surface area contributed by atoms with Gasteiger partial charge >= 0.3 is 0 Å². The molecular formula is C23H21NO2S. The van der Waals surface area contributed by atoms with Gasteiger partial charge in [-0.3, -0.25) is 4.79 Å². The Morgan fingerprint density at radius 1 is 1.07 bits per heavy atom. The van der Waals surface area contributed by atoms with Crippen LogP contribution in [0.15, 0.2) is 59.3 Å². The molecule has 0 unspecified atom stereocenters. The molecule has 2 aliphatic heterocycles. The molecule has 3 aromatic rings. The van der Waals surface area contributed by atoms with E-state index < -0.39 is 0 Å². The van der Waals surface area contributed by atoms with Crippen molar-refractivity contribution in [3.63, 3.8) is 0 Å². The third-order valence-electron chi connectivity index (χ3n) is 5.65. The van der Waals surface area contributed by atoms with Gasteiger partial charge in [-0.15, -0.1) is 0 Å². The van der Waals surface area contributed by atoms with Crippen LogP contribution in [0.5, 0.6) is 5.75 Å². The summed E-state index contributed by atoms with van der Waals surface area (Å²) in [5.74, 6) is 1.58. The van der Waals surface area contributed by atoms with Gasteiger partial charge in [-0.1, -0.05) is 24.3 Å². The molecule has 1 fully saturated rings. The first-order chi connectivity index (χ1) is 13.3. The van der Waals surface area contributed by atoms with Gasteiger partial charge in [0.2, 0.25) is 0 Å². The first-order valence-corrected chi connectivity index (χ1v) is 10.4. The molecule has 4 heteroatoms. The van der Waals surface area contributed by atoms with Crippen LogP contribution in [0.4, 0.5) is 0 Å². The van der Waals surface area contributed by atoms with Crippen LogP contribution in [0.3, 0.4) is 0 Å². The number of hydrogen-bond donors (Lipinski definition) is 0. The topological polar surface area (TPSA) is 29.5 Å². The fourth-order valence-corrected chi connectivity index (χ4v) is 4.76. The standard InChI is InChI=1S/C23H21NO2S/c25-23(17-3-1-16(2-4-17)21-9-12-27-15-21)24-10-7-20(14-24)18-5-6-22-19(13-18)8-11-26-22/h1-6,9,12-13,15,20H,7-8,10-11,14H2/t20-/m0/s1. The average molecular weight is 375 g/mol. The molecule has 1 saturated heterocycles. The number of carbonyl (C=O) groups is 1. The molecule has 0 radical (unpaired) electrons. The smallest absolute Gasteiger partial charge is 0.253 e. The zero-order chi connectivity index (χ0) is 18.2. The Morgan fingerprint density at radius 3 is 2.78 bits per heavy atom. The molecule has 27 heavy (non-hydrogen) atoms. The van der Waals surface area contributed by atoms with Crippen LogP contribution in [0.25, 0.3) is 11.1 Å². The van der Waals surface area contributed by atoms with Crippen LogP contribution in [-0.2, 0) is 6.42 Å². The van der Waals surface area contributed by atoms with E-state index in [2.05, 4.69) is 35.0 Å². The third kappa shape index (κ3) is 3.15. The first kappa shape index (κ1) is 16.6. The monoisotopic (exact) mass is 375 g/mol. The van der Waals surface area contributed by atoms with Gasteiger partial charge < -0.3 is 9.64 Å². The van der Waals surface area contributed by atoms with Crippen LogP contribution >= 0.6 is 11.3 Å². The van der Waals surface area contributed by atoms with E-state index in [0.29, 0.717) is 5.92 Å². The summed E-state index contributed by atoms with van der Waals surface area (Å²) in [5.41, 5.74) is 5.79. The van der Waals surface area contributed by atoms with E-state index >= 15 is 0 Å². The van der Waals surface area contributed by atoms with Gasteiger partial charge in [0.15, 0.2) is 0 Å². The Labute approximate surface area is 163 Å². The molecule has 2 aliphatic rings. The van der Waals surface area contributed by atoms with Crippen molar-refractivity contribution in [2.75, 3.05) is 19.7 Å². The maximum absolute atomic E-state index is 12.9. The third-order valence-corrected chi connectivity index (χ3v) is 6.33. The zero-order valence-corrected chi connectivity index (χ0v) is 15.9.